The highest BCUT2D eigenvalue weighted by molar-refractivity contribution is 5.55. The fourth-order valence-corrected chi connectivity index (χ4v) is 2.78. The van der Waals surface area contributed by atoms with Crippen LogP contribution in [0.25, 0.3) is 0 Å². The molecule has 0 radical (unpaired) electrons. The molecule has 1 aromatic rings. The van der Waals surface area contributed by atoms with Crippen molar-refractivity contribution in [3.63, 3.8) is 0 Å². The molecule has 2 rings (SSSR count). The molecule has 3 heteroatoms. The molecule has 0 saturated carbocycles. The van der Waals surface area contributed by atoms with Crippen LogP contribution in [0.1, 0.15) is 37.8 Å². The third-order valence-electron chi connectivity index (χ3n) is 3.94. The van der Waals surface area contributed by atoms with E-state index in [0.29, 0.717) is 12.5 Å². The fraction of sp³-hybridized carbons (Fsp3) is 0.600. The van der Waals surface area contributed by atoms with Gasteiger partial charge in [0, 0.05) is 31.4 Å². The van der Waals surface area contributed by atoms with Crippen LogP contribution in [0.3, 0.4) is 0 Å². The maximum Gasteiger partial charge on any atom is 0.0434 e. The van der Waals surface area contributed by atoms with Crippen molar-refractivity contribution in [3.05, 3.63) is 29.8 Å². The molecule has 1 aliphatic heterocycles. The van der Waals surface area contributed by atoms with Crippen LogP contribution in [-0.4, -0.2) is 24.8 Å². The van der Waals surface area contributed by atoms with Crippen LogP contribution in [0.4, 0.5) is 5.69 Å². The van der Waals surface area contributed by atoms with Gasteiger partial charge in [0.15, 0.2) is 0 Å². The first-order chi connectivity index (χ1) is 8.76. The molecular formula is C15H24N2O. The Morgan fingerprint density at radius 2 is 2.22 bits per heavy atom. The van der Waals surface area contributed by atoms with E-state index in [1.807, 2.05) is 0 Å². The van der Waals surface area contributed by atoms with Crippen molar-refractivity contribution in [2.75, 3.05) is 24.6 Å². The molecule has 2 atom stereocenters. The van der Waals surface area contributed by atoms with E-state index < -0.39 is 0 Å². The summed E-state index contributed by atoms with van der Waals surface area (Å²) in [5.41, 5.74) is 8.73. The maximum absolute atomic E-state index is 9.03. The van der Waals surface area contributed by atoms with Crippen LogP contribution in [0, 0.1) is 5.92 Å². The van der Waals surface area contributed by atoms with Crippen molar-refractivity contribution in [2.45, 2.75) is 32.2 Å². The van der Waals surface area contributed by atoms with Gasteiger partial charge in [-0.05, 0) is 36.8 Å². The van der Waals surface area contributed by atoms with Gasteiger partial charge in [0.05, 0.1) is 0 Å². The summed E-state index contributed by atoms with van der Waals surface area (Å²) in [5, 5.41) is 9.03. The lowest BCUT2D eigenvalue weighted by atomic mass is 10.0. The lowest BCUT2D eigenvalue weighted by Crippen LogP contribution is -2.23. The van der Waals surface area contributed by atoms with Crippen molar-refractivity contribution in [1.82, 2.24) is 0 Å². The van der Waals surface area contributed by atoms with E-state index in [4.69, 9.17) is 10.8 Å². The third-order valence-corrected chi connectivity index (χ3v) is 3.94. The number of nitrogens with zero attached hydrogens (tertiary/aromatic N) is 1. The Morgan fingerprint density at radius 1 is 1.44 bits per heavy atom. The van der Waals surface area contributed by atoms with Gasteiger partial charge in [0.25, 0.3) is 0 Å². The van der Waals surface area contributed by atoms with E-state index in [1.54, 1.807) is 0 Å². The summed E-state index contributed by atoms with van der Waals surface area (Å²) in [4.78, 5) is 2.42. The normalized spacial score (nSPS) is 21.3. The summed E-state index contributed by atoms with van der Waals surface area (Å²) in [5.74, 6) is 0.626. The lowest BCUT2D eigenvalue weighted by Gasteiger charge is -2.24. The van der Waals surface area contributed by atoms with Crippen LogP contribution in [0.2, 0.25) is 0 Å². The number of aliphatic hydroxyl groups is 1. The van der Waals surface area contributed by atoms with E-state index in [2.05, 4.69) is 36.1 Å². The quantitative estimate of drug-likeness (QED) is 0.840. The highest BCUT2D eigenvalue weighted by atomic mass is 16.3. The predicted octanol–water partition coefficient (Wildman–Crippen LogP) is 2.31. The number of benzene rings is 1. The summed E-state index contributed by atoms with van der Waals surface area (Å²) < 4.78 is 0. The monoisotopic (exact) mass is 248 g/mol. The van der Waals surface area contributed by atoms with Gasteiger partial charge in [-0.2, -0.15) is 0 Å². The maximum atomic E-state index is 9.03. The van der Waals surface area contributed by atoms with Crippen molar-refractivity contribution < 1.29 is 5.11 Å². The van der Waals surface area contributed by atoms with E-state index in [-0.39, 0.29) is 6.04 Å². The van der Waals surface area contributed by atoms with E-state index in [0.717, 1.165) is 25.9 Å². The number of anilines is 1. The average Bonchev–Trinajstić information content (AvgIpc) is 2.87. The summed E-state index contributed by atoms with van der Waals surface area (Å²) in [6, 6.07) is 8.59. The Balaban J connectivity index is 2.14. The molecule has 18 heavy (non-hydrogen) atoms. The number of nitrogens with two attached hydrogens (primary N) is 1. The smallest absolute Gasteiger partial charge is 0.0434 e. The second-order valence-electron chi connectivity index (χ2n) is 5.19. The highest BCUT2D eigenvalue weighted by Gasteiger charge is 2.24. The van der Waals surface area contributed by atoms with E-state index >= 15 is 0 Å². The van der Waals surface area contributed by atoms with E-state index in [1.165, 1.54) is 17.7 Å². The highest BCUT2D eigenvalue weighted by Crippen LogP contribution is 2.31. The van der Waals surface area contributed by atoms with Gasteiger partial charge in [0.1, 0.15) is 0 Å². The summed E-state index contributed by atoms with van der Waals surface area (Å²) in [6.07, 6.45) is 3.06. The van der Waals surface area contributed by atoms with Crippen molar-refractivity contribution >= 4 is 5.69 Å². The van der Waals surface area contributed by atoms with Gasteiger partial charge in [-0.1, -0.05) is 25.1 Å². The van der Waals surface area contributed by atoms with Crippen LogP contribution in [0.5, 0.6) is 0 Å². The molecule has 1 unspecified atom stereocenters. The van der Waals surface area contributed by atoms with Gasteiger partial charge in [0.2, 0.25) is 0 Å². The zero-order valence-corrected chi connectivity index (χ0v) is 11.2. The Kier molecular flexibility index (Phi) is 4.61. The molecule has 0 aliphatic carbocycles. The molecule has 100 valence electrons. The van der Waals surface area contributed by atoms with Gasteiger partial charge in [-0.15, -0.1) is 0 Å². The number of hydrogen-bond donors (Lipinski definition) is 2. The molecule has 3 N–H and O–H groups in total. The standard InChI is InChI=1S/C15H24N2O/c1-2-14(16)13-5-3-4-6-15(13)17-9-7-12(11-17)8-10-18/h3-6,12,14,18H,2,7-11,16H2,1H3/t12?,14-/m1/s1. The number of hydrogen-bond acceptors (Lipinski definition) is 3. The summed E-state index contributed by atoms with van der Waals surface area (Å²) >= 11 is 0. The first-order valence-corrected chi connectivity index (χ1v) is 6.96. The van der Waals surface area contributed by atoms with Crippen molar-refractivity contribution in [2.24, 2.45) is 11.7 Å². The Bertz CT molecular complexity index is 381. The van der Waals surface area contributed by atoms with Gasteiger partial charge in [-0.3, -0.25) is 0 Å². The molecule has 1 heterocycles. The van der Waals surface area contributed by atoms with Crippen LogP contribution in [0.15, 0.2) is 24.3 Å². The molecule has 1 saturated heterocycles. The number of rotatable bonds is 5. The first kappa shape index (κ1) is 13.4. The van der Waals surface area contributed by atoms with Crippen LogP contribution in [-0.2, 0) is 0 Å². The molecule has 1 aliphatic rings. The number of para-hydroxylation sites is 1. The molecule has 0 aromatic heterocycles. The Labute approximate surface area is 110 Å². The number of aliphatic hydroxyl groups excluding tert-OH is 1. The third kappa shape index (κ3) is 2.85. The van der Waals surface area contributed by atoms with Gasteiger partial charge < -0.3 is 15.7 Å². The zero-order chi connectivity index (χ0) is 13.0. The predicted molar refractivity (Wildman–Crippen MR) is 75.7 cm³/mol. The lowest BCUT2D eigenvalue weighted by molar-refractivity contribution is 0.263. The topological polar surface area (TPSA) is 49.5 Å². The fourth-order valence-electron chi connectivity index (χ4n) is 2.78. The molecule has 0 amide bonds. The Hall–Kier alpha value is -1.06. The second-order valence-corrected chi connectivity index (χ2v) is 5.19. The molecule has 0 spiro atoms. The average molecular weight is 248 g/mol. The van der Waals surface area contributed by atoms with Crippen LogP contribution < -0.4 is 10.6 Å². The minimum Gasteiger partial charge on any atom is -0.396 e. The van der Waals surface area contributed by atoms with Crippen molar-refractivity contribution in [3.8, 4) is 0 Å². The first-order valence-electron chi connectivity index (χ1n) is 6.96. The minimum absolute atomic E-state index is 0.123. The molecule has 1 aromatic carbocycles. The Morgan fingerprint density at radius 3 is 2.94 bits per heavy atom. The second kappa shape index (κ2) is 6.21. The molecular weight excluding hydrogens is 224 g/mol. The molecule has 1 fully saturated rings. The van der Waals surface area contributed by atoms with E-state index in [9.17, 15) is 0 Å². The van der Waals surface area contributed by atoms with Crippen LogP contribution >= 0.6 is 0 Å². The molecule has 3 nitrogen and oxygen atoms in total. The largest absolute Gasteiger partial charge is 0.396 e. The molecule has 0 bridgehead atoms. The van der Waals surface area contributed by atoms with Crippen molar-refractivity contribution in [1.29, 1.82) is 0 Å². The SMILES string of the molecule is CC[C@@H](N)c1ccccc1N1CCC(CCO)C1. The van der Waals surface area contributed by atoms with Gasteiger partial charge >= 0.3 is 0 Å². The summed E-state index contributed by atoms with van der Waals surface area (Å²) in [6.45, 7) is 4.56. The minimum atomic E-state index is 0.123. The van der Waals surface area contributed by atoms with Gasteiger partial charge in [-0.25, -0.2) is 0 Å². The zero-order valence-electron chi connectivity index (χ0n) is 11.2. The summed E-state index contributed by atoms with van der Waals surface area (Å²) in [7, 11) is 0.